The van der Waals surface area contributed by atoms with E-state index in [4.69, 9.17) is 4.74 Å². The number of hydrogen-bond donors (Lipinski definition) is 1. The number of rotatable bonds is 6. The standard InChI is InChI=1S/C12H24N2O3S/c1-4-17-12(15)11(13-10(2)3)9-14-5-7-18(16)8-6-14/h10-11,13H,4-9H2,1-3H3. The van der Waals surface area contributed by atoms with Gasteiger partial charge in [0, 0.05) is 48.0 Å². The number of nitrogens with one attached hydrogen (secondary N) is 1. The van der Waals surface area contributed by atoms with Crippen LogP contribution in [0.3, 0.4) is 0 Å². The summed E-state index contributed by atoms with van der Waals surface area (Å²) in [6.07, 6.45) is 0. The minimum Gasteiger partial charge on any atom is -0.465 e. The van der Waals surface area contributed by atoms with Crippen molar-refractivity contribution in [1.82, 2.24) is 10.2 Å². The van der Waals surface area contributed by atoms with Gasteiger partial charge >= 0.3 is 5.97 Å². The summed E-state index contributed by atoms with van der Waals surface area (Å²) >= 11 is 0. The number of hydrogen-bond acceptors (Lipinski definition) is 5. The molecule has 0 spiro atoms. The molecule has 18 heavy (non-hydrogen) atoms. The summed E-state index contributed by atoms with van der Waals surface area (Å²) in [6.45, 7) is 8.46. The maximum atomic E-state index is 11.8. The minimum absolute atomic E-state index is 0.196. The first-order valence-electron chi connectivity index (χ1n) is 6.53. The predicted octanol–water partition coefficient (Wildman–Crippen LogP) is -0.0196. The van der Waals surface area contributed by atoms with Gasteiger partial charge in [0.1, 0.15) is 6.04 Å². The first-order chi connectivity index (χ1) is 8.52. The number of ether oxygens (including phenoxy) is 1. The summed E-state index contributed by atoms with van der Waals surface area (Å²) in [5, 5.41) is 3.23. The first-order valence-corrected chi connectivity index (χ1v) is 8.01. The van der Waals surface area contributed by atoms with Gasteiger partial charge in [0.05, 0.1) is 6.61 Å². The van der Waals surface area contributed by atoms with Crippen LogP contribution in [0.2, 0.25) is 0 Å². The van der Waals surface area contributed by atoms with Gasteiger partial charge in [-0.3, -0.25) is 13.9 Å². The third-order valence-electron chi connectivity index (χ3n) is 2.82. The Morgan fingerprint density at radius 2 is 2.00 bits per heavy atom. The van der Waals surface area contributed by atoms with Crippen LogP contribution >= 0.6 is 0 Å². The molecule has 6 heteroatoms. The summed E-state index contributed by atoms with van der Waals surface area (Å²) in [7, 11) is -0.679. The van der Waals surface area contributed by atoms with E-state index in [1.54, 1.807) is 0 Å². The largest absolute Gasteiger partial charge is 0.465 e. The van der Waals surface area contributed by atoms with Gasteiger partial charge in [0.2, 0.25) is 0 Å². The fourth-order valence-corrected chi connectivity index (χ4v) is 3.08. The topological polar surface area (TPSA) is 58.6 Å². The van der Waals surface area contributed by atoms with Crippen molar-refractivity contribution in [2.45, 2.75) is 32.9 Å². The third kappa shape index (κ3) is 5.46. The van der Waals surface area contributed by atoms with E-state index in [0.29, 0.717) is 24.7 Å². The molecule has 0 aliphatic carbocycles. The SMILES string of the molecule is CCOC(=O)C(CN1CCS(=O)CC1)NC(C)C. The average molecular weight is 276 g/mol. The lowest BCUT2D eigenvalue weighted by Crippen LogP contribution is -2.51. The second-order valence-electron chi connectivity index (χ2n) is 4.77. The van der Waals surface area contributed by atoms with Crippen LogP contribution in [0, 0.1) is 0 Å². The molecule has 5 nitrogen and oxygen atoms in total. The van der Waals surface area contributed by atoms with E-state index in [9.17, 15) is 9.00 Å². The Balaban J connectivity index is 2.49. The molecule has 0 radical (unpaired) electrons. The average Bonchev–Trinajstić information content (AvgIpc) is 2.31. The predicted molar refractivity (Wildman–Crippen MR) is 73.0 cm³/mol. The molecule has 0 saturated carbocycles. The molecular formula is C12H24N2O3S. The lowest BCUT2D eigenvalue weighted by atomic mass is 10.2. The summed E-state index contributed by atoms with van der Waals surface area (Å²) in [5.74, 6) is 1.21. The van der Waals surface area contributed by atoms with Crippen molar-refractivity contribution in [1.29, 1.82) is 0 Å². The van der Waals surface area contributed by atoms with Crippen LogP contribution in [0.5, 0.6) is 0 Å². The summed E-state index contributed by atoms with van der Waals surface area (Å²) in [4.78, 5) is 14.0. The smallest absolute Gasteiger partial charge is 0.324 e. The molecule has 0 aromatic heterocycles. The zero-order valence-corrected chi connectivity index (χ0v) is 12.3. The lowest BCUT2D eigenvalue weighted by Gasteiger charge is -2.30. The zero-order chi connectivity index (χ0) is 13.5. The molecule has 0 bridgehead atoms. The Morgan fingerprint density at radius 3 is 2.50 bits per heavy atom. The van der Waals surface area contributed by atoms with Gasteiger partial charge in [-0.15, -0.1) is 0 Å². The quantitative estimate of drug-likeness (QED) is 0.691. The highest BCUT2D eigenvalue weighted by atomic mass is 32.2. The summed E-state index contributed by atoms with van der Waals surface area (Å²) in [6, 6.07) is -0.0604. The van der Waals surface area contributed by atoms with Gasteiger partial charge < -0.3 is 10.1 Å². The van der Waals surface area contributed by atoms with Crippen LogP contribution in [0.25, 0.3) is 0 Å². The Kier molecular flexibility index (Phi) is 6.81. The van der Waals surface area contributed by atoms with Gasteiger partial charge in [-0.2, -0.15) is 0 Å². The highest BCUT2D eigenvalue weighted by molar-refractivity contribution is 7.85. The maximum Gasteiger partial charge on any atom is 0.324 e. The second-order valence-corrected chi connectivity index (χ2v) is 6.47. The van der Waals surface area contributed by atoms with E-state index in [1.807, 2.05) is 20.8 Å². The van der Waals surface area contributed by atoms with Crippen molar-refractivity contribution in [3.8, 4) is 0 Å². The Bertz CT molecular complexity index is 287. The van der Waals surface area contributed by atoms with Crippen LogP contribution in [-0.2, 0) is 20.3 Å². The fraction of sp³-hybridized carbons (Fsp3) is 0.917. The van der Waals surface area contributed by atoms with Gasteiger partial charge in [0.15, 0.2) is 0 Å². The molecular weight excluding hydrogens is 252 g/mol. The van der Waals surface area contributed by atoms with Crippen LogP contribution in [0.1, 0.15) is 20.8 Å². The Morgan fingerprint density at radius 1 is 1.39 bits per heavy atom. The van der Waals surface area contributed by atoms with Crippen molar-refractivity contribution in [2.24, 2.45) is 0 Å². The molecule has 1 aliphatic heterocycles. The monoisotopic (exact) mass is 276 g/mol. The van der Waals surface area contributed by atoms with E-state index in [1.165, 1.54) is 0 Å². The zero-order valence-electron chi connectivity index (χ0n) is 11.5. The molecule has 1 N–H and O–H groups in total. The summed E-state index contributed by atoms with van der Waals surface area (Å²) in [5.41, 5.74) is 0. The second kappa shape index (κ2) is 7.86. The molecule has 1 aliphatic rings. The van der Waals surface area contributed by atoms with Crippen molar-refractivity contribution >= 4 is 16.8 Å². The van der Waals surface area contributed by atoms with Gasteiger partial charge in [-0.1, -0.05) is 13.8 Å². The maximum absolute atomic E-state index is 11.8. The Hall–Kier alpha value is -0.460. The molecule has 1 saturated heterocycles. The van der Waals surface area contributed by atoms with E-state index < -0.39 is 10.8 Å². The van der Waals surface area contributed by atoms with E-state index in [2.05, 4.69) is 10.2 Å². The summed E-state index contributed by atoms with van der Waals surface area (Å²) < 4.78 is 16.4. The number of carbonyl (C=O) groups is 1. The molecule has 106 valence electrons. The van der Waals surface area contributed by atoms with E-state index in [-0.39, 0.29) is 18.1 Å². The molecule has 1 heterocycles. The van der Waals surface area contributed by atoms with Crippen LogP contribution in [0.15, 0.2) is 0 Å². The van der Waals surface area contributed by atoms with Gasteiger partial charge in [-0.05, 0) is 6.92 Å². The van der Waals surface area contributed by atoms with Crippen molar-refractivity contribution in [2.75, 3.05) is 37.7 Å². The Labute approximate surface area is 112 Å². The molecule has 1 atom stereocenters. The third-order valence-corrected chi connectivity index (χ3v) is 4.09. The van der Waals surface area contributed by atoms with Crippen molar-refractivity contribution in [3.63, 3.8) is 0 Å². The first kappa shape index (κ1) is 15.6. The molecule has 0 aromatic carbocycles. The van der Waals surface area contributed by atoms with E-state index in [0.717, 1.165) is 13.1 Å². The number of esters is 1. The van der Waals surface area contributed by atoms with E-state index >= 15 is 0 Å². The van der Waals surface area contributed by atoms with Crippen molar-refractivity contribution < 1.29 is 13.7 Å². The highest BCUT2D eigenvalue weighted by Gasteiger charge is 2.25. The molecule has 1 rings (SSSR count). The lowest BCUT2D eigenvalue weighted by molar-refractivity contribution is -0.146. The molecule has 1 fully saturated rings. The number of nitrogens with zero attached hydrogens (tertiary/aromatic N) is 1. The molecule has 0 amide bonds. The number of carbonyl (C=O) groups excluding carboxylic acids is 1. The fourth-order valence-electron chi connectivity index (χ4n) is 1.96. The van der Waals surface area contributed by atoms with Crippen molar-refractivity contribution in [3.05, 3.63) is 0 Å². The minimum atomic E-state index is -0.679. The molecule has 0 aromatic rings. The van der Waals surface area contributed by atoms with Gasteiger partial charge in [-0.25, -0.2) is 0 Å². The van der Waals surface area contributed by atoms with Crippen LogP contribution in [0.4, 0.5) is 0 Å². The molecule has 1 unspecified atom stereocenters. The van der Waals surface area contributed by atoms with Crippen LogP contribution < -0.4 is 5.32 Å². The normalized spacial score (nSPS) is 20.0. The highest BCUT2D eigenvalue weighted by Crippen LogP contribution is 2.03. The van der Waals surface area contributed by atoms with Gasteiger partial charge in [0.25, 0.3) is 0 Å². The van der Waals surface area contributed by atoms with Crippen LogP contribution in [-0.4, -0.2) is 64.9 Å².